The predicted molar refractivity (Wildman–Crippen MR) is 69.0 cm³/mol. The molecule has 2 rings (SSSR count). The Morgan fingerprint density at radius 1 is 1.33 bits per heavy atom. The average molecular weight is 313 g/mol. The quantitative estimate of drug-likeness (QED) is 0.877. The van der Waals surface area contributed by atoms with Crippen molar-refractivity contribution in [3.8, 4) is 0 Å². The van der Waals surface area contributed by atoms with Crippen molar-refractivity contribution in [3.63, 3.8) is 0 Å². The van der Waals surface area contributed by atoms with Gasteiger partial charge >= 0.3 is 0 Å². The number of carbonyl (C=O) groups is 2. The van der Waals surface area contributed by atoms with Crippen molar-refractivity contribution in [2.45, 2.75) is 6.04 Å². The third-order valence-electron chi connectivity index (χ3n) is 2.81. The Morgan fingerprint density at radius 3 is 2.61 bits per heavy atom. The van der Waals surface area contributed by atoms with E-state index in [4.69, 9.17) is 10.5 Å². The first-order valence-corrected chi connectivity index (χ1v) is 6.32. The van der Waals surface area contributed by atoms with E-state index in [0.29, 0.717) is 18.7 Å². The van der Waals surface area contributed by atoms with Gasteiger partial charge in [-0.25, -0.2) is 0 Å². The number of hydrogen-bond donors (Lipinski definition) is 1. The largest absolute Gasteiger partial charge is 0.377 e. The zero-order chi connectivity index (χ0) is 13.1. The van der Waals surface area contributed by atoms with E-state index in [1.807, 2.05) is 0 Å². The van der Waals surface area contributed by atoms with E-state index in [0.717, 1.165) is 4.47 Å². The summed E-state index contributed by atoms with van der Waals surface area (Å²) in [5.41, 5.74) is 5.81. The van der Waals surface area contributed by atoms with Crippen molar-refractivity contribution in [2.24, 2.45) is 5.73 Å². The molecule has 0 radical (unpaired) electrons. The third-order valence-corrected chi connectivity index (χ3v) is 3.34. The number of morpholine rings is 1. The SMILES string of the molecule is NC(=O)C1COCCN1C(=O)c1ccc(Br)cc1. The molecule has 6 heteroatoms. The molecular weight excluding hydrogens is 300 g/mol. The van der Waals surface area contributed by atoms with E-state index in [-0.39, 0.29) is 12.5 Å². The fourth-order valence-corrected chi connectivity index (χ4v) is 2.11. The maximum absolute atomic E-state index is 12.3. The van der Waals surface area contributed by atoms with Crippen molar-refractivity contribution < 1.29 is 14.3 Å². The number of nitrogens with zero attached hydrogens (tertiary/aromatic N) is 1. The number of primary amides is 1. The van der Waals surface area contributed by atoms with E-state index in [9.17, 15) is 9.59 Å². The molecule has 96 valence electrons. The molecule has 5 nitrogen and oxygen atoms in total. The average Bonchev–Trinajstić information content (AvgIpc) is 2.39. The Bertz CT molecular complexity index is 461. The minimum atomic E-state index is -0.685. The molecule has 1 aromatic carbocycles. The lowest BCUT2D eigenvalue weighted by atomic mass is 10.1. The van der Waals surface area contributed by atoms with Crippen LogP contribution in [0.25, 0.3) is 0 Å². The second kappa shape index (κ2) is 5.49. The Kier molecular flexibility index (Phi) is 3.98. The van der Waals surface area contributed by atoms with Crippen molar-refractivity contribution in [1.29, 1.82) is 0 Å². The Balaban J connectivity index is 2.20. The van der Waals surface area contributed by atoms with Crippen molar-refractivity contribution in [3.05, 3.63) is 34.3 Å². The fourth-order valence-electron chi connectivity index (χ4n) is 1.84. The summed E-state index contributed by atoms with van der Waals surface area (Å²) in [6.07, 6.45) is 0. The van der Waals surface area contributed by atoms with Gasteiger partial charge in [0.15, 0.2) is 0 Å². The smallest absolute Gasteiger partial charge is 0.254 e. The van der Waals surface area contributed by atoms with Crippen LogP contribution in [0.5, 0.6) is 0 Å². The number of halogens is 1. The van der Waals surface area contributed by atoms with Crippen LogP contribution in [0.15, 0.2) is 28.7 Å². The van der Waals surface area contributed by atoms with Crippen LogP contribution in [0, 0.1) is 0 Å². The van der Waals surface area contributed by atoms with E-state index in [2.05, 4.69) is 15.9 Å². The van der Waals surface area contributed by atoms with Crippen molar-refractivity contribution in [2.75, 3.05) is 19.8 Å². The van der Waals surface area contributed by atoms with Gasteiger partial charge in [0.1, 0.15) is 6.04 Å². The molecule has 0 aromatic heterocycles. The highest BCUT2D eigenvalue weighted by molar-refractivity contribution is 9.10. The van der Waals surface area contributed by atoms with Crippen LogP contribution in [0.1, 0.15) is 10.4 Å². The minimum absolute atomic E-state index is 0.164. The van der Waals surface area contributed by atoms with Crippen LogP contribution in [0.2, 0.25) is 0 Å². The van der Waals surface area contributed by atoms with Crippen molar-refractivity contribution in [1.82, 2.24) is 4.90 Å². The summed E-state index contributed by atoms with van der Waals surface area (Å²) >= 11 is 3.31. The fraction of sp³-hybridized carbons (Fsp3) is 0.333. The summed E-state index contributed by atoms with van der Waals surface area (Å²) in [7, 11) is 0. The Hall–Kier alpha value is -1.40. The summed E-state index contributed by atoms with van der Waals surface area (Å²) in [6, 6.07) is 6.30. The van der Waals surface area contributed by atoms with Gasteiger partial charge in [-0.05, 0) is 24.3 Å². The third kappa shape index (κ3) is 2.70. The molecule has 1 saturated heterocycles. The predicted octanol–water partition coefficient (Wildman–Crippen LogP) is 0.775. The van der Waals surface area contributed by atoms with Gasteiger partial charge in [-0.2, -0.15) is 0 Å². The van der Waals surface area contributed by atoms with E-state index in [1.165, 1.54) is 4.90 Å². The van der Waals surface area contributed by atoms with Gasteiger partial charge in [-0.3, -0.25) is 9.59 Å². The topological polar surface area (TPSA) is 72.6 Å². The molecule has 2 N–H and O–H groups in total. The summed E-state index contributed by atoms with van der Waals surface area (Å²) in [4.78, 5) is 25.0. The second-order valence-corrected chi connectivity index (χ2v) is 4.91. The standard InChI is InChI=1S/C12H13BrN2O3/c13-9-3-1-8(2-4-9)12(17)15-5-6-18-7-10(15)11(14)16/h1-4,10H,5-7H2,(H2,14,16). The van der Waals surface area contributed by atoms with Gasteiger partial charge in [0.25, 0.3) is 5.91 Å². The van der Waals surface area contributed by atoms with Crippen LogP contribution in [-0.4, -0.2) is 42.5 Å². The first-order chi connectivity index (χ1) is 8.59. The lowest BCUT2D eigenvalue weighted by Gasteiger charge is -2.33. The van der Waals surface area contributed by atoms with E-state index in [1.54, 1.807) is 24.3 Å². The van der Waals surface area contributed by atoms with Crippen molar-refractivity contribution >= 4 is 27.7 Å². The molecule has 1 unspecified atom stereocenters. The molecule has 0 spiro atoms. The summed E-state index contributed by atoms with van der Waals surface area (Å²) in [5.74, 6) is -0.741. The summed E-state index contributed by atoms with van der Waals surface area (Å²) in [6.45, 7) is 0.964. The van der Waals surface area contributed by atoms with Gasteiger partial charge in [-0.15, -0.1) is 0 Å². The summed E-state index contributed by atoms with van der Waals surface area (Å²) < 4.78 is 6.07. The first kappa shape index (κ1) is 13.0. The molecule has 0 bridgehead atoms. The molecular formula is C12H13BrN2O3. The molecule has 18 heavy (non-hydrogen) atoms. The summed E-state index contributed by atoms with van der Waals surface area (Å²) in [5, 5.41) is 0. The number of nitrogens with two attached hydrogens (primary N) is 1. The molecule has 1 heterocycles. The zero-order valence-electron chi connectivity index (χ0n) is 9.64. The first-order valence-electron chi connectivity index (χ1n) is 5.53. The minimum Gasteiger partial charge on any atom is -0.377 e. The van der Waals surface area contributed by atoms with Crippen LogP contribution in [-0.2, 0) is 9.53 Å². The molecule has 1 fully saturated rings. The lowest BCUT2D eigenvalue weighted by molar-refractivity contribution is -0.127. The normalized spacial score (nSPS) is 19.6. The monoisotopic (exact) mass is 312 g/mol. The molecule has 1 aliphatic heterocycles. The number of benzene rings is 1. The maximum atomic E-state index is 12.3. The van der Waals surface area contributed by atoms with Crippen LogP contribution >= 0.6 is 15.9 Å². The highest BCUT2D eigenvalue weighted by atomic mass is 79.9. The molecule has 1 atom stereocenters. The van der Waals surface area contributed by atoms with Gasteiger partial charge in [-0.1, -0.05) is 15.9 Å². The molecule has 2 amide bonds. The highest BCUT2D eigenvalue weighted by Crippen LogP contribution is 2.15. The number of hydrogen-bond acceptors (Lipinski definition) is 3. The zero-order valence-corrected chi connectivity index (χ0v) is 11.2. The van der Waals surface area contributed by atoms with Gasteiger partial charge in [0.2, 0.25) is 5.91 Å². The number of rotatable bonds is 2. The second-order valence-electron chi connectivity index (χ2n) is 4.00. The van der Waals surface area contributed by atoms with E-state index >= 15 is 0 Å². The number of ether oxygens (including phenoxy) is 1. The highest BCUT2D eigenvalue weighted by Gasteiger charge is 2.31. The Labute approximate surface area is 113 Å². The van der Waals surface area contributed by atoms with Gasteiger partial charge in [0, 0.05) is 16.6 Å². The molecule has 0 aliphatic carbocycles. The Morgan fingerprint density at radius 2 is 2.00 bits per heavy atom. The van der Waals surface area contributed by atoms with Gasteiger partial charge in [0.05, 0.1) is 13.2 Å². The lowest BCUT2D eigenvalue weighted by Crippen LogP contribution is -2.54. The molecule has 1 aromatic rings. The number of amides is 2. The van der Waals surface area contributed by atoms with Crippen LogP contribution in [0.3, 0.4) is 0 Å². The van der Waals surface area contributed by atoms with Crippen LogP contribution < -0.4 is 5.73 Å². The van der Waals surface area contributed by atoms with E-state index < -0.39 is 11.9 Å². The number of carbonyl (C=O) groups excluding carboxylic acids is 2. The van der Waals surface area contributed by atoms with Crippen LogP contribution in [0.4, 0.5) is 0 Å². The van der Waals surface area contributed by atoms with Gasteiger partial charge < -0.3 is 15.4 Å². The molecule has 1 aliphatic rings. The maximum Gasteiger partial charge on any atom is 0.254 e. The molecule has 0 saturated carbocycles.